The number of sulfone groups is 1. The lowest BCUT2D eigenvalue weighted by molar-refractivity contribution is -0.138. The molecule has 128 valence electrons. The van der Waals surface area contributed by atoms with Crippen LogP contribution in [-0.2, 0) is 20.8 Å². The van der Waals surface area contributed by atoms with Gasteiger partial charge in [0.1, 0.15) is 9.84 Å². The van der Waals surface area contributed by atoms with E-state index < -0.39 is 33.4 Å². The number of benzene rings is 1. The quantitative estimate of drug-likeness (QED) is 0.888. The lowest BCUT2D eigenvalue weighted by Gasteiger charge is -2.14. The molecular weight excluding hydrogens is 331 g/mol. The zero-order valence-electron chi connectivity index (χ0n) is 12.7. The van der Waals surface area contributed by atoms with Crippen LogP contribution in [0.5, 0.6) is 0 Å². The fourth-order valence-electron chi connectivity index (χ4n) is 2.63. The van der Waals surface area contributed by atoms with E-state index in [1.54, 1.807) is 0 Å². The number of rotatable bonds is 5. The Bertz CT molecular complexity index is 700. The third kappa shape index (κ3) is 4.70. The van der Waals surface area contributed by atoms with Gasteiger partial charge in [-0.3, -0.25) is 4.79 Å². The number of carbonyl (C=O) groups excluding carboxylic acids is 1. The predicted molar refractivity (Wildman–Crippen MR) is 79.6 cm³/mol. The third-order valence-electron chi connectivity index (χ3n) is 3.78. The van der Waals surface area contributed by atoms with E-state index in [9.17, 15) is 26.4 Å². The maximum absolute atomic E-state index is 13.0. The van der Waals surface area contributed by atoms with Gasteiger partial charge >= 0.3 is 6.18 Å². The molecule has 0 aromatic heterocycles. The van der Waals surface area contributed by atoms with Crippen molar-refractivity contribution in [1.82, 2.24) is 5.32 Å². The lowest BCUT2D eigenvalue weighted by atomic mass is 10.0. The molecule has 1 fully saturated rings. The number of alkyl halides is 3. The summed E-state index contributed by atoms with van der Waals surface area (Å²) in [6, 6.07) is 4.93. The summed E-state index contributed by atoms with van der Waals surface area (Å²) in [6.45, 7) is 1.48. The van der Waals surface area contributed by atoms with Gasteiger partial charge in [0.25, 0.3) is 0 Å². The molecular formula is C15H18F3NO3S. The van der Waals surface area contributed by atoms with Crippen molar-refractivity contribution in [2.45, 2.75) is 31.5 Å². The Kier molecular flexibility index (Phi) is 4.75. The third-order valence-corrected chi connectivity index (χ3v) is 4.89. The van der Waals surface area contributed by atoms with E-state index in [4.69, 9.17) is 0 Å². The van der Waals surface area contributed by atoms with Gasteiger partial charge in [0, 0.05) is 24.1 Å². The molecule has 1 N–H and O–H groups in total. The zero-order chi connectivity index (χ0) is 17.4. The zero-order valence-corrected chi connectivity index (χ0v) is 13.5. The molecule has 23 heavy (non-hydrogen) atoms. The van der Waals surface area contributed by atoms with Crippen molar-refractivity contribution in [2.24, 2.45) is 5.92 Å². The van der Waals surface area contributed by atoms with Crippen molar-refractivity contribution in [2.75, 3.05) is 12.0 Å². The van der Waals surface area contributed by atoms with Crippen molar-refractivity contribution < 1.29 is 26.4 Å². The van der Waals surface area contributed by atoms with Crippen LogP contribution in [0.15, 0.2) is 24.3 Å². The molecule has 1 saturated carbocycles. The first kappa shape index (κ1) is 17.8. The summed E-state index contributed by atoms with van der Waals surface area (Å²) in [5.41, 5.74) is -0.521. The first-order valence-electron chi connectivity index (χ1n) is 7.13. The van der Waals surface area contributed by atoms with E-state index in [0.29, 0.717) is 6.42 Å². The molecule has 0 radical (unpaired) electrons. The van der Waals surface area contributed by atoms with Gasteiger partial charge in [-0.2, -0.15) is 13.2 Å². The van der Waals surface area contributed by atoms with Crippen molar-refractivity contribution in [3.8, 4) is 0 Å². The summed E-state index contributed by atoms with van der Waals surface area (Å²) in [6.07, 6.45) is -2.97. The van der Waals surface area contributed by atoms with E-state index in [1.807, 2.05) is 0 Å². The summed E-state index contributed by atoms with van der Waals surface area (Å²) in [4.78, 5) is 11.9. The normalized spacial score (nSPS) is 22.5. The van der Waals surface area contributed by atoms with Crippen molar-refractivity contribution in [3.63, 3.8) is 0 Å². The molecule has 0 aliphatic heterocycles. The molecule has 0 heterocycles. The van der Waals surface area contributed by atoms with E-state index in [2.05, 4.69) is 5.32 Å². The van der Waals surface area contributed by atoms with Gasteiger partial charge in [-0.15, -0.1) is 0 Å². The van der Waals surface area contributed by atoms with Gasteiger partial charge in [-0.1, -0.05) is 25.1 Å². The van der Waals surface area contributed by atoms with Gasteiger partial charge in [0.2, 0.25) is 5.91 Å². The van der Waals surface area contributed by atoms with Gasteiger partial charge in [0.05, 0.1) is 11.3 Å². The van der Waals surface area contributed by atoms with Crippen LogP contribution < -0.4 is 5.32 Å². The summed E-state index contributed by atoms with van der Waals surface area (Å²) >= 11 is 0. The SMILES string of the molecule is CC(CS(C)(=O)=O)C(=O)NC1CC1c1ccccc1C(F)(F)F. The molecule has 0 bridgehead atoms. The van der Waals surface area contributed by atoms with Gasteiger partial charge in [-0.05, 0) is 18.1 Å². The maximum atomic E-state index is 13.0. The Labute approximate surface area is 133 Å². The molecule has 0 saturated heterocycles. The average Bonchev–Trinajstić information content (AvgIpc) is 3.15. The van der Waals surface area contributed by atoms with Crippen molar-refractivity contribution >= 4 is 15.7 Å². The van der Waals surface area contributed by atoms with Crippen LogP contribution in [0.3, 0.4) is 0 Å². The predicted octanol–water partition coefficient (Wildman–Crippen LogP) is 2.36. The monoisotopic (exact) mass is 349 g/mol. The van der Waals surface area contributed by atoms with Crippen LogP contribution in [0, 0.1) is 5.92 Å². The second-order valence-corrected chi connectivity index (χ2v) is 8.22. The fourth-order valence-corrected chi connectivity index (χ4v) is 3.69. The Hall–Kier alpha value is -1.57. The van der Waals surface area contributed by atoms with Gasteiger partial charge < -0.3 is 5.32 Å². The first-order chi connectivity index (χ1) is 10.5. The Balaban J connectivity index is 2.03. The summed E-state index contributed by atoms with van der Waals surface area (Å²) in [5.74, 6) is -1.85. The number of hydrogen-bond acceptors (Lipinski definition) is 3. The molecule has 0 spiro atoms. The molecule has 1 aliphatic carbocycles. The molecule has 3 atom stereocenters. The Morgan fingerprint density at radius 2 is 1.96 bits per heavy atom. The Morgan fingerprint density at radius 1 is 1.35 bits per heavy atom. The fraction of sp³-hybridized carbons (Fsp3) is 0.533. The standard InChI is InChI=1S/C15H18F3NO3S/c1-9(8-23(2,21)22)14(20)19-13-7-11(13)10-5-3-4-6-12(10)15(16,17)18/h3-6,9,11,13H,7-8H2,1-2H3,(H,19,20). The van der Waals surface area contributed by atoms with Crippen LogP contribution >= 0.6 is 0 Å². The van der Waals surface area contributed by atoms with Crippen molar-refractivity contribution in [1.29, 1.82) is 0 Å². The summed E-state index contributed by atoms with van der Waals surface area (Å²) in [5, 5.41) is 2.63. The van der Waals surface area contributed by atoms with E-state index in [-0.39, 0.29) is 23.3 Å². The molecule has 1 aromatic carbocycles. The van der Waals surface area contributed by atoms with E-state index >= 15 is 0 Å². The second-order valence-electron chi connectivity index (χ2n) is 6.04. The number of nitrogens with one attached hydrogen (secondary N) is 1. The van der Waals surface area contributed by atoms with Crippen LogP contribution in [0.4, 0.5) is 13.2 Å². The van der Waals surface area contributed by atoms with Crippen LogP contribution in [0.25, 0.3) is 0 Å². The first-order valence-corrected chi connectivity index (χ1v) is 9.19. The summed E-state index contributed by atoms with van der Waals surface area (Å²) < 4.78 is 61.3. The molecule has 4 nitrogen and oxygen atoms in total. The largest absolute Gasteiger partial charge is 0.416 e. The van der Waals surface area contributed by atoms with Crippen LogP contribution in [-0.4, -0.2) is 32.4 Å². The number of amides is 1. The highest BCUT2D eigenvalue weighted by Gasteiger charge is 2.45. The van der Waals surface area contributed by atoms with Gasteiger partial charge in [-0.25, -0.2) is 8.42 Å². The van der Waals surface area contributed by atoms with E-state index in [1.165, 1.54) is 25.1 Å². The van der Waals surface area contributed by atoms with E-state index in [0.717, 1.165) is 12.3 Å². The molecule has 1 aliphatic rings. The lowest BCUT2D eigenvalue weighted by Crippen LogP contribution is -2.35. The average molecular weight is 349 g/mol. The minimum absolute atomic E-state index is 0.168. The van der Waals surface area contributed by atoms with Gasteiger partial charge in [0.15, 0.2) is 0 Å². The summed E-state index contributed by atoms with van der Waals surface area (Å²) in [7, 11) is -3.29. The van der Waals surface area contributed by atoms with Crippen molar-refractivity contribution in [3.05, 3.63) is 35.4 Å². The molecule has 3 unspecified atom stereocenters. The molecule has 8 heteroatoms. The Morgan fingerprint density at radius 3 is 2.52 bits per heavy atom. The molecule has 1 amide bonds. The molecule has 2 rings (SSSR count). The topological polar surface area (TPSA) is 63.2 Å². The minimum atomic E-state index is -4.43. The maximum Gasteiger partial charge on any atom is 0.416 e. The van der Waals surface area contributed by atoms with Crippen LogP contribution in [0.1, 0.15) is 30.4 Å². The number of hydrogen-bond donors (Lipinski definition) is 1. The number of carbonyl (C=O) groups is 1. The highest BCUT2D eigenvalue weighted by atomic mass is 32.2. The van der Waals surface area contributed by atoms with Crippen LogP contribution in [0.2, 0.25) is 0 Å². The second kappa shape index (κ2) is 6.14. The highest BCUT2D eigenvalue weighted by Crippen LogP contribution is 2.46. The highest BCUT2D eigenvalue weighted by molar-refractivity contribution is 7.90. The smallest absolute Gasteiger partial charge is 0.352 e. The number of halogens is 3. The molecule has 1 aromatic rings. The minimum Gasteiger partial charge on any atom is -0.352 e.